The van der Waals surface area contributed by atoms with Gasteiger partial charge < -0.3 is 9.80 Å². The molecule has 3 heterocycles. The summed E-state index contributed by atoms with van der Waals surface area (Å²) in [4.78, 5) is 17.9. The lowest BCUT2D eigenvalue weighted by Gasteiger charge is -2.35. The highest BCUT2D eigenvalue weighted by molar-refractivity contribution is 7.10. The van der Waals surface area contributed by atoms with Gasteiger partial charge in [-0.2, -0.15) is 5.26 Å². The van der Waals surface area contributed by atoms with Crippen LogP contribution in [0.2, 0.25) is 0 Å². The van der Waals surface area contributed by atoms with E-state index in [1.165, 1.54) is 22.6 Å². The van der Waals surface area contributed by atoms with Gasteiger partial charge in [-0.05, 0) is 59.5 Å². The summed E-state index contributed by atoms with van der Waals surface area (Å²) in [5.41, 5.74) is 2.64. The first kappa shape index (κ1) is 18.6. The van der Waals surface area contributed by atoms with Gasteiger partial charge in [-0.15, -0.1) is 11.3 Å². The lowest BCUT2D eigenvalue weighted by Crippen LogP contribution is -2.47. The Morgan fingerprint density at radius 3 is 2.39 bits per heavy atom. The van der Waals surface area contributed by atoms with Gasteiger partial charge in [0, 0.05) is 37.1 Å². The monoisotopic (exact) mass is 399 g/mol. The molecule has 7 heteroatoms. The van der Waals surface area contributed by atoms with Crippen LogP contribution in [0.3, 0.4) is 0 Å². The summed E-state index contributed by atoms with van der Waals surface area (Å²) < 4.78 is 27.0. The number of nitriles is 1. The molecule has 4 rings (SSSR count). The molecule has 0 aliphatic carbocycles. The second-order valence-corrected chi connectivity index (χ2v) is 8.06. The molecule has 2 aliphatic rings. The summed E-state index contributed by atoms with van der Waals surface area (Å²) in [5.74, 6) is -1.40. The average molecular weight is 399 g/mol. The molecule has 28 heavy (non-hydrogen) atoms. The predicted octanol–water partition coefficient (Wildman–Crippen LogP) is 4.58. The van der Waals surface area contributed by atoms with Crippen LogP contribution in [-0.4, -0.2) is 35.5 Å². The largest absolute Gasteiger partial charge is 0.324 e. The maximum atomic E-state index is 13.5. The topological polar surface area (TPSA) is 47.3 Å². The number of piperidine rings is 1. The van der Waals surface area contributed by atoms with E-state index in [1.54, 1.807) is 11.3 Å². The van der Waals surface area contributed by atoms with Crippen molar-refractivity contribution in [2.75, 3.05) is 19.6 Å². The summed E-state index contributed by atoms with van der Waals surface area (Å²) in [5, 5.41) is 11.6. The van der Waals surface area contributed by atoms with Crippen molar-refractivity contribution in [2.45, 2.75) is 25.8 Å². The first-order valence-electron chi connectivity index (χ1n) is 9.23. The van der Waals surface area contributed by atoms with Crippen molar-refractivity contribution in [3.63, 3.8) is 0 Å². The molecule has 2 aliphatic heterocycles. The average Bonchev–Trinajstić information content (AvgIpc) is 3.15. The third kappa shape index (κ3) is 3.65. The molecule has 0 unspecified atom stereocenters. The quantitative estimate of drug-likeness (QED) is 0.659. The Bertz CT molecular complexity index is 962. The molecule has 4 nitrogen and oxygen atoms in total. The van der Waals surface area contributed by atoms with Crippen LogP contribution in [0.25, 0.3) is 5.57 Å². The Balaban J connectivity index is 1.46. The van der Waals surface area contributed by atoms with Gasteiger partial charge in [-0.25, -0.2) is 13.6 Å². The number of hydrogen-bond acceptors (Lipinski definition) is 3. The molecule has 144 valence electrons. The molecule has 0 bridgehead atoms. The van der Waals surface area contributed by atoms with Crippen molar-refractivity contribution >= 4 is 22.9 Å². The van der Waals surface area contributed by atoms with Crippen molar-refractivity contribution in [2.24, 2.45) is 0 Å². The smallest absolute Gasteiger partial charge is 0.320 e. The number of amides is 2. The number of carbonyl (C=O) groups excluding carboxylic acids is 1. The normalized spacial score (nSPS) is 16.5. The van der Waals surface area contributed by atoms with Gasteiger partial charge in [0.25, 0.3) is 0 Å². The zero-order valence-electron chi connectivity index (χ0n) is 15.3. The van der Waals surface area contributed by atoms with Crippen molar-refractivity contribution in [3.8, 4) is 6.07 Å². The molecule has 0 atom stereocenters. The summed E-state index contributed by atoms with van der Waals surface area (Å²) in [6, 6.07) is 7.34. The fourth-order valence-corrected chi connectivity index (χ4v) is 4.77. The van der Waals surface area contributed by atoms with Gasteiger partial charge in [0.05, 0.1) is 11.6 Å². The summed E-state index contributed by atoms with van der Waals surface area (Å²) in [6.45, 7) is 2.37. The number of allylic oxidation sites excluding steroid dienone is 1. The zero-order chi connectivity index (χ0) is 19.7. The first-order chi connectivity index (χ1) is 13.5. The van der Waals surface area contributed by atoms with Crippen LogP contribution in [0.1, 0.15) is 28.8 Å². The number of thiophene rings is 1. The third-order valence-electron chi connectivity index (χ3n) is 5.33. The first-order valence-corrected chi connectivity index (χ1v) is 10.1. The van der Waals surface area contributed by atoms with E-state index in [0.717, 1.165) is 24.6 Å². The molecule has 0 radical (unpaired) electrons. The molecular formula is C21H19F2N3OS. The Kier molecular flexibility index (Phi) is 5.14. The third-order valence-corrected chi connectivity index (χ3v) is 6.36. The van der Waals surface area contributed by atoms with Crippen LogP contribution < -0.4 is 0 Å². The number of rotatable bonds is 1. The van der Waals surface area contributed by atoms with Gasteiger partial charge in [-0.3, -0.25) is 0 Å². The van der Waals surface area contributed by atoms with Gasteiger partial charge >= 0.3 is 6.03 Å². The summed E-state index contributed by atoms with van der Waals surface area (Å²) in [6.07, 6.45) is 1.95. The number of benzene rings is 1. The van der Waals surface area contributed by atoms with Crippen LogP contribution in [0.4, 0.5) is 13.6 Å². The Morgan fingerprint density at radius 1 is 1.04 bits per heavy atom. The number of halogens is 2. The molecule has 1 aromatic heterocycles. The Labute approximate surface area is 166 Å². The van der Waals surface area contributed by atoms with Gasteiger partial charge in [0.15, 0.2) is 0 Å². The molecule has 2 aromatic rings. The fraction of sp³-hybridized carbons (Fsp3) is 0.333. The van der Waals surface area contributed by atoms with Gasteiger partial charge in [0.1, 0.15) is 11.6 Å². The van der Waals surface area contributed by atoms with E-state index in [4.69, 9.17) is 0 Å². The molecule has 1 saturated heterocycles. The van der Waals surface area contributed by atoms with E-state index >= 15 is 0 Å². The van der Waals surface area contributed by atoms with Gasteiger partial charge in [0.2, 0.25) is 0 Å². The number of urea groups is 1. The van der Waals surface area contributed by atoms with E-state index in [-0.39, 0.29) is 11.6 Å². The number of nitrogens with zero attached hydrogens (tertiary/aromatic N) is 3. The zero-order valence-corrected chi connectivity index (χ0v) is 16.1. The minimum absolute atomic E-state index is 0.0196. The molecular weight excluding hydrogens is 380 g/mol. The Hall–Kier alpha value is -2.72. The second kappa shape index (κ2) is 7.72. The second-order valence-electron chi connectivity index (χ2n) is 7.06. The minimum atomic E-state index is -0.700. The van der Waals surface area contributed by atoms with E-state index in [0.29, 0.717) is 38.0 Å². The fourth-order valence-electron chi connectivity index (χ4n) is 3.88. The van der Waals surface area contributed by atoms with E-state index in [2.05, 4.69) is 17.5 Å². The van der Waals surface area contributed by atoms with Crippen molar-refractivity contribution in [3.05, 3.63) is 62.9 Å². The molecule has 0 spiro atoms. The number of likely N-dealkylation sites (tertiary alicyclic amines) is 1. The van der Waals surface area contributed by atoms with Crippen LogP contribution >= 0.6 is 11.3 Å². The van der Waals surface area contributed by atoms with Crippen molar-refractivity contribution < 1.29 is 13.6 Å². The maximum absolute atomic E-state index is 13.5. The number of fused-ring (bicyclic) bond motifs is 1. The maximum Gasteiger partial charge on any atom is 0.320 e. The van der Waals surface area contributed by atoms with E-state index in [9.17, 15) is 18.8 Å². The predicted molar refractivity (Wildman–Crippen MR) is 104 cm³/mol. The lowest BCUT2D eigenvalue weighted by atomic mass is 9.94. The molecule has 0 saturated carbocycles. The van der Waals surface area contributed by atoms with Crippen LogP contribution in [0.5, 0.6) is 0 Å². The summed E-state index contributed by atoms with van der Waals surface area (Å²) in [7, 11) is 0. The number of hydrogen-bond donors (Lipinski definition) is 0. The van der Waals surface area contributed by atoms with Crippen LogP contribution in [0, 0.1) is 23.0 Å². The van der Waals surface area contributed by atoms with Crippen LogP contribution in [0.15, 0.2) is 35.2 Å². The molecule has 1 fully saturated rings. The van der Waals surface area contributed by atoms with E-state index < -0.39 is 11.6 Å². The SMILES string of the molecule is N#CC(=C1CCN(C(=O)N2CCc3sccc3C2)CC1)c1cc(F)cc(F)c1. The Morgan fingerprint density at radius 2 is 1.71 bits per heavy atom. The minimum Gasteiger partial charge on any atom is -0.324 e. The molecule has 2 amide bonds. The standard InChI is InChI=1S/C21H19F2N3OS/c22-17-9-16(10-18(23)11-17)19(12-24)14-1-5-25(6-2-14)21(27)26-7-3-20-15(13-26)4-8-28-20/h4,8-11H,1-3,5-7,13H2. The summed E-state index contributed by atoms with van der Waals surface area (Å²) >= 11 is 1.74. The highest BCUT2D eigenvalue weighted by Crippen LogP contribution is 2.29. The van der Waals surface area contributed by atoms with Crippen molar-refractivity contribution in [1.82, 2.24) is 9.80 Å². The van der Waals surface area contributed by atoms with Crippen LogP contribution in [-0.2, 0) is 13.0 Å². The number of carbonyl (C=O) groups is 1. The highest BCUT2D eigenvalue weighted by atomic mass is 32.1. The molecule has 0 N–H and O–H groups in total. The van der Waals surface area contributed by atoms with Crippen molar-refractivity contribution in [1.29, 1.82) is 5.26 Å². The van der Waals surface area contributed by atoms with Gasteiger partial charge in [-0.1, -0.05) is 0 Å². The lowest BCUT2D eigenvalue weighted by molar-refractivity contribution is 0.144. The molecule has 1 aromatic carbocycles. The van der Waals surface area contributed by atoms with E-state index in [1.807, 2.05) is 9.80 Å². The highest BCUT2D eigenvalue weighted by Gasteiger charge is 2.28.